The molecular formula is C28H33ClFN5O6. The van der Waals surface area contributed by atoms with Crippen LogP contribution in [-0.4, -0.2) is 74.7 Å². The molecule has 4 N–H and O–H groups in total. The van der Waals surface area contributed by atoms with Gasteiger partial charge in [0.2, 0.25) is 5.88 Å². The zero-order valence-electron chi connectivity index (χ0n) is 22.4. The standard InChI is InChI=1S/C28H32FN5O6.ClH/c29-19-14-30-20-3-5-24(38-11-1-10-35)34-25(20)18(19)12-22(36)28-8-6-27(7-9-28,16-40-28)31-13-17-2-4-21-26(32-17)33-23(37)15-39-21;/h2-5,14,22,31,35-36H,1,6-13,15-16H2,(H,32,33,37);1H. The van der Waals surface area contributed by atoms with E-state index in [1.807, 2.05) is 6.07 Å². The lowest BCUT2D eigenvalue weighted by molar-refractivity contribution is -0.208. The van der Waals surface area contributed by atoms with E-state index < -0.39 is 17.5 Å². The summed E-state index contributed by atoms with van der Waals surface area (Å²) in [6, 6.07) is 7.04. The van der Waals surface area contributed by atoms with Gasteiger partial charge in [0.1, 0.15) is 5.82 Å². The number of halogens is 2. The van der Waals surface area contributed by atoms with Gasteiger partial charge in [-0.05, 0) is 43.9 Å². The smallest absolute Gasteiger partial charge is 0.263 e. The first-order valence-corrected chi connectivity index (χ1v) is 13.6. The number of nitrogens with zero attached hydrogens (tertiary/aromatic N) is 3. The molecule has 1 atom stereocenters. The van der Waals surface area contributed by atoms with E-state index in [1.165, 1.54) is 0 Å². The Morgan fingerprint density at radius 2 is 2.00 bits per heavy atom. The molecule has 4 aliphatic rings. The number of carbonyl (C=O) groups excluding carboxylic acids is 1. The lowest BCUT2D eigenvalue weighted by atomic mass is 9.68. The molecule has 13 heteroatoms. The molecule has 3 aromatic rings. The average molecular weight is 590 g/mol. The van der Waals surface area contributed by atoms with Gasteiger partial charge in [0.15, 0.2) is 18.2 Å². The molecule has 3 aliphatic heterocycles. The Balaban J connectivity index is 0.00000337. The molecule has 220 valence electrons. The molecule has 3 fully saturated rings. The van der Waals surface area contributed by atoms with Crippen molar-refractivity contribution in [2.24, 2.45) is 0 Å². The Labute approximate surface area is 242 Å². The number of ether oxygens (including phenoxy) is 3. The highest BCUT2D eigenvalue weighted by Gasteiger charge is 2.53. The van der Waals surface area contributed by atoms with Crippen molar-refractivity contribution in [2.75, 3.05) is 31.7 Å². The molecule has 1 amide bonds. The molecule has 2 bridgehead atoms. The predicted molar refractivity (Wildman–Crippen MR) is 149 cm³/mol. The third kappa shape index (κ3) is 5.93. The number of amides is 1. The van der Waals surface area contributed by atoms with Gasteiger partial charge in [-0.3, -0.25) is 9.78 Å². The van der Waals surface area contributed by atoms with Gasteiger partial charge >= 0.3 is 0 Å². The van der Waals surface area contributed by atoms with Crippen LogP contribution in [0.4, 0.5) is 10.2 Å². The van der Waals surface area contributed by atoms with Gasteiger partial charge < -0.3 is 35.1 Å². The molecule has 0 radical (unpaired) electrons. The summed E-state index contributed by atoms with van der Waals surface area (Å²) in [5.41, 5.74) is 0.877. The van der Waals surface area contributed by atoms with E-state index >= 15 is 0 Å². The van der Waals surface area contributed by atoms with Crippen molar-refractivity contribution in [3.8, 4) is 11.6 Å². The van der Waals surface area contributed by atoms with Crippen LogP contribution in [0.15, 0.2) is 30.5 Å². The summed E-state index contributed by atoms with van der Waals surface area (Å²) >= 11 is 0. The summed E-state index contributed by atoms with van der Waals surface area (Å²) in [6.07, 6.45) is 3.53. The number of pyridine rings is 3. The monoisotopic (exact) mass is 589 g/mol. The van der Waals surface area contributed by atoms with Crippen LogP contribution < -0.4 is 20.1 Å². The lowest BCUT2D eigenvalue weighted by Crippen LogP contribution is -2.65. The summed E-state index contributed by atoms with van der Waals surface area (Å²) in [7, 11) is 0. The van der Waals surface area contributed by atoms with Crippen molar-refractivity contribution in [2.45, 2.75) is 62.3 Å². The van der Waals surface area contributed by atoms with Crippen LogP contribution >= 0.6 is 12.4 Å². The van der Waals surface area contributed by atoms with Crippen molar-refractivity contribution in [1.29, 1.82) is 0 Å². The van der Waals surface area contributed by atoms with Gasteiger partial charge in [-0.1, -0.05) is 0 Å². The summed E-state index contributed by atoms with van der Waals surface area (Å²) in [6.45, 7) is 1.18. The Bertz CT molecular complexity index is 1400. The SMILES string of the molecule is Cl.O=C1COc2ccc(CNC34CCC(C(O)Cc5c(F)cnc6ccc(OCCCO)nc56)(CC3)OC4)nc2N1. The fourth-order valence-electron chi connectivity index (χ4n) is 5.73. The first-order valence-electron chi connectivity index (χ1n) is 13.6. The Morgan fingerprint density at radius 1 is 1.17 bits per heavy atom. The van der Waals surface area contributed by atoms with Crippen molar-refractivity contribution in [1.82, 2.24) is 20.3 Å². The summed E-state index contributed by atoms with van der Waals surface area (Å²) in [4.78, 5) is 24.7. The molecule has 0 spiro atoms. The number of hydrogen-bond acceptors (Lipinski definition) is 10. The first kappa shape index (κ1) is 29.3. The fourth-order valence-corrected chi connectivity index (χ4v) is 5.73. The third-order valence-corrected chi connectivity index (χ3v) is 8.16. The van der Waals surface area contributed by atoms with Gasteiger partial charge in [0.25, 0.3) is 5.91 Å². The van der Waals surface area contributed by atoms with E-state index in [2.05, 4.69) is 25.6 Å². The minimum atomic E-state index is -0.933. The molecule has 11 nitrogen and oxygen atoms in total. The normalized spacial score (nSPS) is 23.7. The zero-order valence-corrected chi connectivity index (χ0v) is 23.2. The van der Waals surface area contributed by atoms with Gasteiger partial charge in [0, 0.05) is 43.2 Å². The molecule has 41 heavy (non-hydrogen) atoms. The van der Waals surface area contributed by atoms with Crippen LogP contribution in [0.5, 0.6) is 11.6 Å². The maximum atomic E-state index is 15.0. The molecule has 2 saturated heterocycles. The zero-order chi connectivity index (χ0) is 27.7. The quantitative estimate of drug-likeness (QED) is 0.260. The predicted octanol–water partition coefficient (Wildman–Crippen LogP) is 2.45. The van der Waals surface area contributed by atoms with E-state index in [-0.39, 0.29) is 55.7 Å². The number of aliphatic hydroxyl groups excluding tert-OH is 2. The summed E-state index contributed by atoms with van der Waals surface area (Å²) in [5.74, 6) is 0.525. The molecule has 6 heterocycles. The van der Waals surface area contributed by atoms with E-state index in [1.54, 1.807) is 18.2 Å². The molecule has 1 aliphatic carbocycles. The lowest BCUT2D eigenvalue weighted by Gasteiger charge is -2.55. The van der Waals surface area contributed by atoms with Crippen LogP contribution in [0.3, 0.4) is 0 Å². The molecule has 7 rings (SSSR count). The highest BCUT2D eigenvalue weighted by Crippen LogP contribution is 2.46. The maximum Gasteiger partial charge on any atom is 0.263 e. The van der Waals surface area contributed by atoms with Crippen molar-refractivity contribution in [3.05, 3.63) is 47.5 Å². The average Bonchev–Trinajstić information content (AvgIpc) is 2.98. The minimum absolute atomic E-state index is 0. The molecular weight excluding hydrogens is 557 g/mol. The minimum Gasteiger partial charge on any atom is -0.480 e. The van der Waals surface area contributed by atoms with Crippen LogP contribution in [0.1, 0.15) is 43.4 Å². The number of nitrogens with one attached hydrogen (secondary N) is 2. The Morgan fingerprint density at radius 3 is 2.76 bits per heavy atom. The third-order valence-electron chi connectivity index (χ3n) is 8.16. The first-order chi connectivity index (χ1) is 19.4. The Kier molecular flexibility index (Phi) is 8.57. The summed E-state index contributed by atoms with van der Waals surface area (Å²) in [5, 5.41) is 26.7. The van der Waals surface area contributed by atoms with Crippen LogP contribution in [0, 0.1) is 5.82 Å². The van der Waals surface area contributed by atoms with Gasteiger partial charge in [-0.2, -0.15) is 0 Å². The van der Waals surface area contributed by atoms with E-state index in [4.69, 9.17) is 19.3 Å². The van der Waals surface area contributed by atoms with E-state index in [0.29, 0.717) is 60.9 Å². The van der Waals surface area contributed by atoms with E-state index in [0.717, 1.165) is 24.7 Å². The largest absolute Gasteiger partial charge is 0.480 e. The van der Waals surface area contributed by atoms with Crippen LogP contribution in [0.25, 0.3) is 11.0 Å². The second-order valence-corrected chi connectivity index (χ2v) is 10.7. The van der Waals surface area contributed by atoms with Crippen LogP contribution in [-0.2, 0) is 22.5 Å². The van der Waals surface area contributed by atoms with Crippen LogP contribution in [0.2, 0.25) is 0 Å². The van der Waals surface area contributed by atoms with Crippen molar-refractivity contribution >= 4 is 35.2 Å². The number of rotatable bonds is 10. The highest BCUT2D eigenvalue weighted by molar-refractivity contribution is 5.94. The number of aromatic nitrogens is 3. The second-order valence-electron chi connectivity index (χ2n) is 10.7. The van der Waals surface area contributed by atoms with Gasteiger partial charge in [-0.25, -0.2) is 14.4 Å². The van der Waals surface area contributed by atoms with E-state index in [9.17, 15) is 14.3 Å². The number of fused-ring (bicyclic) bond motifs is 5. The molecule has 1 unspecified atom stereocenters. The van der Waals surface area contributed by atoms with Gasteiger partial charge in [-0.15, -0.1) is 12.4 Å². The number of aliphatic hydroxyl groups is 2. The molecule has 1 saturated carbocycles. The topological polar surface area (TPSA) is 148 Å². The van der Waals surface area contributed by atoms with Crippen molar-refractivity contribution in [3.63, 3.8) is 0 Å². The van der Waals surface area contributed by atoms with Gasteiger partial charge in [0.05, 0.1) is 47.8 Å². The van der Waals surface area contributed by atoms with Crippen molar-refractivity contribution < 1.29 is 33.6 Å². The number of hydrogen-bond donors (Lipinski definition) is 4. The maximum absolute atomic E-state index is 15.0. The number of anilines is 1. The second kappa shape index (κ2) is 12.0. The molecule has 3 aromatic heterocycles. The summed E-state index contributed by atoms with van der Waals surface area (Å²) < 4.78 is 32.3. The molecule has 0 aromatic carbocycles. The number of carbonyl (C=O) groups is 1. The Hall–Kier alpha value is -3.16. The fraction of sp³-hybridized carbons (Fsp3) is 0.500. The highest BCUT2D eigenvalue weighted by atomic mass is 35.5.